The number of hydrogen-bond acceptors (Lipinski definition) is 4. The summed E-state index contributed by atoms with van der Waals surface area (Å²) in [4.78, 5) is 40.0. The Morgan fingerprint density at radius 1 is 1.08 bits per heavy atom. The lowest BCUT2D eigenvalue weighted by Gasteiger charge is -2.15. The minimum atomic E-state index is -0.315. The van der Waals surface area contributed by atoms with Gasteiger partial charge in [0.25, 0.3) is 0 Å². The van der Waals surface area contributed by atoms with Crippen molar-refractivity contribution in [1.29, 1.82) is 0 Å². The number of likely N-dealkylation sites (tertiary alicyclic amines) is 1. The Morgan fingerprint density at radius 3 is 2.16 bits per heavy atom. The number of hydrogen-bond donors (Lipinski definition) is 1. The van der Waals surface area contributed by atoms with Crippen LogP contribution in [-0.4, -0.2) is 43.3 Å². The number of carbonyl (C=O) groups excluding carboxylic acids is 3. The SMILES string of the molecule is CN(C)c1ccc(CNC(=O)CN2C(=O)[C@H]3CC=CC[C@@H]3C2=O)cc1. The van der Waals surface area contributed by atoms with Gasteiger partial charge in [-0.25, -0.2) is 0 Å². The van der Waals surface area contributed by atoms with Gasteiger partial charge in [-0.2, -0.15) is 0 Å². The highest BCUT2D eigenvalue weighted by Gasteiger charge is 2.47. The molecule has 0 radical (unpaired) electrons. The van der Waals surface area contributed by atoms with Crippen molar-refractivity contribution >= 4 is 23.4 Å². The van der Waals surface area contributed by atoms with E-state index in [4.69, 9.17) is 0 Å². The minimum absolute atomic E-state index is 0.194. The van der Waals surface area contributed by atoms with Crippen LogP contribution in [0.3, 0.4) is 0 Å². The van der Waals surface area contributed by atoms with Gasteiger partial charge >= 0.3 is 0 Å². The van der Waals surface area contributed by atoms with Crippen molar-refractivity contribution in [1.82, 2.24) is 10.2 Å². The number of rotatable bonds is 5. The zero-order chi connectivity index (χ0) is 18.0. The Morgan fingerprint density at radius 2 is 1.64 bits per heavy atom. The van der Waals surface area contributed by atoms with Crippen molar-refractivity contribution in [2.75, 3.05) is 25.5 Å². The van der Waals surface area contributed by atoms with E-state index in [2.05, 4.69) is 5.32 Å². The van der Waals surface area contributed by atoms with E-state index in [1.807, 2.05) is 55.4 Å². The van der Waals surface area contributed by atoms with Gasteiger partial charge in [0.15, 0.2) is 0 Å². The van der Waals surface area contributed by atoms with Crippen LogP contribution < -0.4 is 10.2 Å². The molecular weight excluding hydrogens is 318 g/mol. The summed E-state index contributed by atoms with van der Waals surface area (Å²) in [7, 11) is 3.93. The van der Waals surface area contributed by atoms with Crippen LogP contribution in [0.15, 0.2) is 36.4 Å². The van der Waals surface area contributed by atoms with Gasteiger partial charge in [-0.1, -0.05) is 24.3 Å². The van der Waals surface area contributed by atoms with E-state index in [0.29, 0.717) is 19.4 Å². The van der Waals surface area contributed by atoms with Gasteiger partial charge < -0.3 is 10.2 Å². The fraction of sp³-hybridized carbons (Fsp3) is 0.421. The third-order valence-electron chi connectivity index (χ3n) is 4.84. The first-order valence-electron chi connectivity index (χ1n) is 8.50. The molecule has 1 aliphatic heterocycles. The van der Waals surface area contributed by atoms with Crippen LogP contribution in [0.2, 0.25) is 0 Å². The molecule has 0 spiro atoms. The van der Waals surface area contributed by atoms with Crippen LogP contribution in [0.1, 0.15) is 18.4 Å². The standard InChI is InChI=1S/C19H23N3O3/c1-21(2)14-9-7-13(8-10-14)11-20-17(23)12-22-18(24)15-5-3-4-6-16(15)19(22)25/h3-4,7-10,15-16H,5-6,11-12H2,1-2H3,(H,20,23)/t15-,16-/m0/s1. The summed E-state index contributed by atoms with van der Waals surface area (Å²) in [5.74, 6) is -1.33. The van der Waals surface area contributed by atoms with Gasteiger partial charge in [0, 0.05) is 26.3 Å². The lowest BCUT2D eigenvalue weighted by molar-refractivity contribution is -0.143. The van der Waals surface area contributed by atoms with E-state index in [0.717, 1.165) is 16.2 Å². The van der Waals surface area contributed by atoms with Crippen molar-refractivity contribution in [3.8, 4) is 0 Å². The Balaban J connectivity index is 1.54. The van der Waals surface area contributed by atoms with Crippen LogP contribution in [0.25, 0.3) is 0 Å². The lowest BCUT2D eigenvalue weighted by atomic mass is 9.85. The molecule has 0 unspecified atom stereocenters. The number of carbonyl (C=O) groups is 3. The first-order chi connectivity index (χ1) is 12.0. The highest BCUT2D eigenvalue weighted by atomic mass is 16.2. The van der Waals surface area contributed by atoms with Crippen LogP contribution in [0.4, 0.5) is 5.69 Å². The topological polar surface area (TPSA) is 69.7 Å². The van der Waals surface area contributed by atoms with E-state index >= 15 is 0 Å². The van der Waals surface area contributed by atoms with Crippen molar-refractivity contribution in [2.45, 2.75) is 19.4 Å². The fourth-order valence-electron chi connectivity index (χ4n) is 3.34. The number of fused-ring (bicyclic) bond motifs is 1. The van der Waals surface area contributed by atoms with Crippen LogP contribution in [0.5, 0.6) is 0 Å². The number of anilines is 1. The molecule has 1 aliphatic carbocycles. The lowest BCUT2D eigenvalue weighted by Crippen LogP contribution is -2.40. The first kappa shape index (κ1) is 17.2. The molecule has 25 heavy (non-hydrogen) atoms. The average Bonchev–Trinajstić information content (AvgIpc) is 2.86. The summed E-state index contributed by atoms with van der Waals surface area (Å²) in [6, 6.07) is 7.85. The van der Waals surface area contributed by atoms with Crippen LogP contribution in [0, 0.1) is 11.8 Å². The molecule has 1 fully saturated rings. The molecule has 1 aromatic rings. The molecule has 6 nitrogen and oxygen atoms in total. The van der Waals surface area contributed by atoms with Crippen LogP contribution >= 0.6 is 0 Å². The summed E-state index contributed by atoms with van der Waals surface area (Å²) in [6.45, 7) is 0.178. The van der Waals surface area contributed by atoms with Gasteiger partial charge in [0.2, 0.25) is 17.7 Å². The van der Waals surface area contributed by atoms with E-state index in [1.54, 1.807) is 0 Å². The molecule has 3 rings (SSSR count). The minimum Gasteiger partial charge on any atom is -0.378 e. The zero-order valence-corrected chi connectivity index (χ0v) is 14.6. The highest BCUT2D eigenvalue weighted by Crippen LogP contribution is 2.34. The molecular formula is C19H23N3O3. The Bertz CT molecular complexity index is 683. The molecule has 1 aromatic carbocycles. The molecule has 6 heteroatoms. The third kappa shape index (κ3) is 3.57. The third-order valence-corrected chi connectivity index (χ3v) is 4.84. The summed E-state index contributed by atoms with van der Waals surface area (Å²) in [5, 5.41) is 2.78. The van der Waals surface area contributed by atoms with Crippen LogP contribution in [-0.2, 0) is 20.9 Å². The van der Waals surface area contributed by atoms with Crippen molar-refractivity contribution in [3.05, 3.63) is 42.0 Å². The molecule has 1 heterocycles. The second kappa shape index (κ2) is 7.09. The quantitative estimate of drug-likeness (QED) is 0.648. The molecule has 0 bridgehead atoms. The van der Waals surface area contributed by atoms with E-state index in [-0.39, 0.29) is 36.1 Å². The number of benzene rings is 1. The molecule has 0 aromatic heterocycles. The van der Waals surface area contributed by atoms with Crippen molar-refractivity contribution in [2.24, 2.45) is 11.8 Å². The second-order valence-electron chi connectivity index (χ2n) is 6.76. The maximum atomic E-state index is 12.3. The monoisotopic (exact) mass is 341 g/mol. The molecule has 132 valence electrons. The normalized spacial score (nSPS) is 22.1. The predicted molar refractivity (Wildman–Crippen MR) is 94.7 cm³/mol. The fourth-order valence-corrected chi connectivity index (χ4v) is 3.34. The number of allylic oxidation sites excluding steroid dienone is 2. The summed E-state index contributed by atoms with van der Waals surface area (Å²) < 4.78 is 0. The summed E-state index contributed by atoms with van der Waals surface area (Å²) in [6.07, 6.45) is 5.05. The molecule has 1 N–H and O–H groups in total. The van der Waals surface area contributed by atoms with E-state index < -0.39 is 0 Å². The first-order valence-corrected chi connectivity index (χ1v) is 8.50. The molecule has 2 aliphatic rings. The summed E-state index contributed by atoms with van der Waals surface area (Å²) >= 11 is 0. The predicted octanol–water partition coefficient (Wildman–Crippen LogP) is 1.32. The molecule has 1 saturated heterocycles. The molecule has 2 atom stereocenters. The number of nitrogens with zero attached hydrogens (tertiary/aromatic N) is 2. The van der Waals surface area contributed by atoms with Crippen molar-refractivity contribution in [3.63, 3.8) is 0 Å². The van der Waals surface area contributed by atoms with Gasteiger partial charge in [-0.3, -0.25) is 19.3 Å². The highest BCUT2D eigenvalue weighted by molar-refractivity contribution is 6.07. The van der Waals surface area contributed by atoms with Gasteiger partial charge in [-0.05, 0) is 30.5 Å². The smallest absolute Gasteiger partial charge is 0.240 e. The van der Waals surface area contributed by atoms with E-state index in [9.17, 15) is 14.4 Å². The number of amides is 3. The Hall–Kier alpha value is -2.63. The molecule has 0 saturated carbocycles. The largest absolute Gasteiger partial charge is 0.378 e. The molecule has 3 amide bonds. The average molecular weight is 341 g/mol. The van der Waals surface area contributed by atoms with Gasteiger partial charge in [0.05, 0.1) is 11.8 Å². The number of imide groups is 1. The second-order valence-corrected chi connectivity index (χ2v) is 6.76. The Kier molecular flexibility index (Phi) is 4.88. The van der Waals surface area contributed by atoms with Gasteiger partial charge in [0.1, 0.15) is 6.54 Å². The maximum Gasteiger partial charge on any atom is 0.240 e. The zero-order valence-electron chi connectivity index (χ0n) is 14.6. The van der Waals surface area contributed by atoms with Crippen molar-refractivity contribution < 1.29 is 14.4 Å². The Labute approximate surface area is 147 Å². The summed E-state index contributed by atoms with van der Waals surface area (Å²) in [5.41, 5.74) is 2.05. The van der Waals surface area contributed by atoms with E-state index in [1.165, 1.54) is 0 Å². The van der Waals surface area contributed by atoms with Gasteiger partial charge in [-0.15, -0.1) is 0 Å². The maximum absolute atomic E-state index is 12.3. The number of nitrogens with one attached hydrogen (secondary N) is 1.